The Morgan fingerprint density at radius 2 is 2.09 bits per heavy atom. The summed E-state index contributed by atoms with van der Waals surface area (Å²) in [5.41, 5.74) is 0.946. The lowest BCUT2D eigenvalue weighted by Crippen LogP contribution is -2.22. The van der Waals surface area contributed by atoms with Crippen molar-refractivity contribution < 1.29 is 9.53 Å². The Morgan fingerprint density at radius 3 is 2.77 bits per heavy atom. The lowest BCUT2D eigenvalue weighted by molar-refractivity contribution is -0.146. The van der Waals surface area contributed by atoms with E-state index in [2.05, 4.69) is 25.9 Å². The van der Waals surface area contributed by atoms with Crippen molar-refractivity contribution in [2.75, 3.05) is 7.11 Å². The van der Waals surface area contributed by atoms with Crippen molar-refractivity contribution in [2.45, 2.75) is 31.6 Å². The average molecular weight is 381 g/mol. The number of nitrogens with zero attached hydrogens (tertiary/aromatic N) is 2. The summed E-state index contributed by atoms with van der Waals surface area (Å²) in [4.78, 5) is 21.7. The molecule has 0 unspecified atom stereocenters. The maximum Gasteiger partial charge on any atom is 0.308 e. The van der Waals surface area contributed by atoms with Gasteiger partial charge in [0.15, 0.2) is 0 Å². The first-order valence-electron chi connectivity index (χ1n) is 7.34. The van der Waals surface area contributed by atoms with Crippen molar-refractivity contribution in [2.24, 2.45) is 5.92 Å². The van der Waals surface area contributed by atoms with Gasteiger partial charge in [0.05, 0.1) is 28.6 Å². The van der Waals surface area contributed by atoms with Crippen LogP contribution in [-0.2, 0) is 9.53 Å². The van der Waals surface area contributed by atoms with E-state index in [1.165, 1.54) is 7.11 Å². The summed E-state index contributed by atoms with van der Waals surface area (Å²) < 4.78 is 5.67. The van der Waals surface area contributed by atoms with Crippen LogP contribution in [0.2, 0.25) is 0 Å². The van der Waals surface area contributed by atoms with Gasteiger partial charge >= 0.3 is 5.97 Å². The van der Waals surface area contributed by atoms with E-state index in [1.807, 2.05) is 24.4 Å². The van der Waals surface area contributed by atoms with E-state index >= 15 is 0 Å². The smallest absolute Gasteiger partial charge is 0.308 e. The second kappa shape index (κ2) is 6.87. The van der Waals surface area contributed by atoms with Crippen LogP contribution in [0.5, 0.6) is 0 Å². The third-order valence-electron chi connectivity index (χ3n) is 4.10. The first kappa shape index (κ1) is 15.6. The predicted molar refractivity (Wildman–Crippen MR) is 89.8 cm³/mol. The molecular weight excluding hydrogens is 364 g/mol. The van der Waals surface area contributed by atoms with E-state index in [0.29, 0.717) is 5.92 Å². The van der Waals surface area contributed by atoms with Gasteiger partial charge in [-0.2, -0.15) is 0 Å². The number of aromatic nitrogens is 2. The van der Waals surface area contributed by atoms with Gasteiger partial charge in [-0.1, -0.05) is 6.07 Å². The summed E-state index contributed by atoms with van der Waals surface area (Å²) >= 11 is 5.11. The van der Waals surface area contributed by atoms with Crippen molar-refractivity contribution >= 4 is 33.2 Å². The zero-order valence-corrected chi connectivity index (χ0v) is 14.7. The number of carbonyl (C=O) groups is 1. The van der Waals surface area contributed by atoms with Gasteiger partial charge in [0.1, 0.15) is 4.60 Å². The molecule has 1 fully saturated rings. The molecule has 2 aromatic rings. The predicted octanol–water partition coefficient (Wildman–Crippen LogP) is 4.41. The van der Waals surface area contributed by atoms with Gasteiger partial charge in [0, 0.05) is 12.1 Å². The van der Waals surface area contributed by atoms with Gasteiger partial charge < -0.3 is 4.74 Å². The summed E-state index contributed by atoms with van der Waals surface area (Å²) in [6.07, 6.45) is 5.68. The summed E-state index contributed by atoms with van der Waals surface area (Å²) in [6, 6.07) is 5.89. The molecule has 0 aliphatic heterocycles. The fourth-order valence-corrected chi connectivity index (χ4v) is 4.28. The molecule has 6 heteroatoms. The minimum Gasteiger partial charge on any atom is -0.469 e. The Hall–Kier alpha value is -1.27. The molecule has 3 rings (SSSR count). The normalized spacial score (nSPS) is 21.5. The fourth-order valence-electron chi connectivity index (χ4n) is 2.88. The zero-order chi connectivity index (χ0) is 15.5. The van der Waals surface area contributed by atoms with E-state index in [0.717, 1.165) is 45.9 Å². The zero-order valence-electron chi connectivity index (χ0n) is 12.3. The molecule has 1 saturated carbocycles. The van der Waals surface area contributed by atoms with Crippen LogP contribution in [0, 0.1) is 5.92 Å². The molecule has 0 saturated heterocycles. The summed E-state index contributed by atoms with van der Waals surface area (Å²) in [7, 11) is 1.46. The van der Waals surface area contributed by atoms with Crippen LogP contribution in [0.4, 0.5) is 0 Å². The van der Waals surface area contributed by atoms with E-state index < -0.39 is 0 Å². The van der Waals surface area contributed by atoms with Crippen LogP contribution in [0.3, 0.4) is 0 Å². The van der Waals surface area contributed by atoms with Crippen molar-refractivity contribution in [3.8, 4) is 10.6 Å². The van der Waals surface area contributed by atoms with Crippen molar-refractivity contribution in [3.05, 3.63) is 34.0 Å². The minimum absolute atomic E-state index is 0.0624. The van der Waals surface area contributed by atoms with Crippen LogP contribution in [0.1, 0.15) is 36.6 Å². The highest BCUT2D eigenvalue weighted by Gasteiger charge is 2.29. The van der Waals surface area contributed by atoms with Crippen molar-refractivity contribution in [1.82, 2.24) is 9.97 Å². The van der Waals surface area contributed by atoms with Crippen LogP contribution in [-0.4, -0.2) is 23.0 Å². The number of methoxy groups -OCH3 is 1. The molecular formula is C16H17BrN2O2S. The first-order valence-corrected chi connectivity index (χ1v) is 8.95. The third kappa shape index (κ3) is 3.38. The minimum atomic E-state index is -0.0726. The number of pyridine rings is 1. The number of carbonyl (C=O) groups excluding carboxylic acids is 1. The molecule has 22 heavy (non-hydrogen) atoms. The molecule has 0 atom stereocenters. The average Bonchev–Trinajstić information content (AvgIpc) is 3.04. The molecule has 116 valence electrons. The van der Waals surface area contributed by atoms with E-state index in [4.69, 9.17) is 4.74 Å². The van der Waals surface area contributed by atoms with Gasteiger partial charge in [-0.3, -0.25) is 4.79 Å². The highest BCUT2D eigenvalue weighted by Crippen LogP contribution is 2.39. The molecule has 0 bridgehead atoms. The van der Waals surface area contributed by atoms with Gasteiger partial charge in [-0.05, 0) is 53.7 Å². The number of halogens is 1. The number of hydrogen-bond acceptors (Lipinski definition) is 5. The Labute approximate surface area is 142 Å². The maximum atomic E-state index is 11.6. The largest absolute Gasteiger partial charge is 0.469 e. The summed E-state index contributed by atoms with van der Waals surface area (Å²) in [6.45, 7) is 0. The molecule has 2 aromatic heterocycles. The van der Waals surface area contributed by atoms with Gasteiger partial charge in [-0.15, -0.1) is 11.3 Å². The molecule has 1 aliphatic carbocycles. The molecule has 0 spiro atoms. The van der Waals surface area contributed by atoms with E-state index in [9.17, 15) is 4.79 Å². The van der Waals surface area contributed by atoms with Crippen LogP contribution < -0.4 is 0 Å². The lowest BCUT2D eigenvalue weighted by Gasteiger charge is -2.25. The van der Waals surface area contributed by atoms with Crippen LogP contribution in [0.15, 0.2) is 29.0 Å². The SMILES string of the molecule is COC(=O)C1CCC(c2ncc(-c3cccc(Br)n3)s2)CC1. The fraction of sp³-hybridized carbons (Fsp3) is 0.438. The molecule has 0 aromatic carbocycles. The second-order valence-electron chi connectivity index (χ2n) is 5.48. The van der Waals surface area contributed by atoms with Gasteiger partial charge in [0.2, 0.25) is 0 Å². The standard InChI is InChI=1S/C16H17BrN2O2S/c1-21-16(20)11-7-5-10(6-8-11)15-18-9-13(22-15)12-3-2-4-14(17)19-12/h2-4,9-11H,5-8H2,1H3. The van der Waals surface area contributed by atoms with Gasteiger partial charge in [0.25, 0.3) is 0 Å². The Kier molecular flexibility index (Phi) is 4.88. The molecule has 0 N–H and O–H groups in total. The van der Waals surface area contributed by atoms with Gasteiger partial charge in [-0.25, -0.2) is 9.97 Å². The quantitative estimate of drug-likeness (QED) is 0.584. The number of esters is 1. The summed E-state index contributed by atoms with van der Waals surface area (Å²) in [5, 5.41) is 1.15. The van der Waals surface area contributed by atoms with Crippen molar-refractivity contribution in [3.63, 3.8) is 0 Å². The number of thiazole rings is 1. The monoisotopic (exact) mass is 380 g/mol. The first-order chi connectivity index (χ1) is 10.7. The maximum absolute atomic E-state index is 11.6. The summed E-state index contributed by atoms with van der Waals surface area (Å²) in [5.74, 6) is 0.441. The second-order valence-corrected chi connectivity index (χ2v) is 7.35. The third-order valence-corrected chi connectivity index (χ3v) is 5.73. The number of rotatable bonds is 3. The molecule has 0 radical (unpaired) electrons. The molecule has 0 amide bonds. The number of hydrogen-bond donors (Lipinski definition) is 0. The highest BCUT2D eigenvalue weighted by atomic mass is 79.9. The molecule has 1 aliphatic rings. The Bertz CT molecular complexity index is 666. The van der Waals surface area contributed by atoms with Crippen LogP contribution in [0.25, 0.3) is 10.6 Å². The lowest BCUT2D eigenvalue weighted by atomic mass is 9.82. The molecule has 2 heterocycles. The Morgan fingerprint density at radius 1 is 1.32 bits per heavy atom. The highest BCUT2D eigenvalue weighted by molar-refractivity contribution is 9.10. The number of ether oxygens (including phenoxy) is 1. The topological polar surface area (TPSA) is 52.1 Å². The van der Waals surface area contributed by atoms with E-state index in [1.54, 1.807) is 11.3 Å². The van der Waals surface area contributed by atoms with E-state index in [-0.39, 0.29) is 11.9 Å². The molecule has 4 nitrogen and oxygen atoms in total. The van der Waals surface area contributed by atoms with Crippen molar-refractivity contribution in [1.29, 1.82) is 0 Å². The van der Waals surface area contributed by atoms with Crippen LogP contribution >= 0.6 is 27.3 Å². The Balaban J connectivity index is 1.69.